The van der Waals surface area contributed by atoms with Crippen molar-refractivity contribution >= 4 is 57.2 Å². The highest BCUT2D eigenvalue weighted by molar-refractivity contribution is 8.15. The minimum atomic E-state index is -0.665. The van der Waals surface area contributed by atoms with Crippen molar-refractivity contribution in [3.05, 3.63) is 96.1 Å². The molecule has 2 aliphatic rings. The van der Waals surface area contributed by atoms with Crippen LogP contribution in [0, 0.1) is 0 Å². The number of benzene rings is 3. The third-order valence-electron chi connectivity index (χ3n) is 5.71. The number of para-hydroxylation sites is 2. The van der Waals surface area contributed by atoms with Crippen molar-refractivity contribution < 1.29 is 19.2 Å². The van der Waals surface area contributed by atoms with E-state index in [-0.39, 0.29) is 35.4 Å². The summed E-state index contributed by atoms with van der Waals surface area (Å²) in [7, 11) is 0. The summed E-state index contributed by atoms with van der Waals surface area (Å²) in [5, 5.41) is 4.23. The van der Waals surface area contributed by atoms with E-state index in [2.05, 4.69) is 10.6 Å². The number of anilines is 2. The second-order valence-electron chi connectivity index (χ2n) is 8.21. The third-order valence-corrected chi connectivity index (χ3v) is 7.66. The van der Waals surface area contributed by atoms with Gasteiger partial charge < -0.3 is 10.6 Å². The molecular formula is C26H22N4O4S2. The van der Waals surface area contributed by atoms with E-state index < -0.39 is 10.7 Å². The summed E-state index contributed by atoms with van der Waals surface area (Å²) < 4.78 is 0. The Morgan fingerprint density at radius 2 is 0.917 bits per heavy atom. The topological polar surface area (TPSA) is 98.8 Å². The standard InChI is InChI=1S/C26H22N4O4S2/c31-23-21(27-19-7-3-1-4-8-19)35-25(33)29(23)15-17-11-13-18(14-12-17)16-30-24(32)22(36-26(30)34)28-20-9-5-2-6-10-20/h1-14,21-22,27-28H,15-16H2/t21-,22-/m1/s1. The van der Waals surface area contributed by atoms with Gasteiger partial charge in [0.05, 0.1) is 13.1 Å². The summed E-state index contributed by atoms with van der Waals surface area (Å²) in [4.78, 5) is 52.9. The van der Waals surface area contributed by atoms with E-state index in [4.69, 9.17) is 0 Å². The van der Waals surface area contributed by atoms with Crippen molar-refractivity contribution in [1.29, 1.82) is 0 Å². The Balaban J connectivity index is 1.18. The lowest BCUT2D eigenvalue weighted by atomic mass is 10.1. The number of imide groups is 2. The fourth-order valence-electron chi connectivity index (χ4n) is 3.85. The van der Waals surface area contributed by atoms with Gasteiger partial charge in [-0.2, -0.15) is 0 Å². The third kappa shape index (κ3) is 5.24. The highest BCUT2D eigenvalue weighted by Crippen LogP contribution is 2.31. The maximum absolute atomic E-state index is 12.8. The van der Waals surface area contributed by atoms with Crippen molar-refractivity contribution in [3.8, 4) is 0 Å². The van der Waals surface area contributed by atoms with Crippen molar-refractivity contribution in [2.45, 2.75) is 23.8 Å². The van der Waals surface area contributed by atoms with Gasteiger partial charge >= 0.3 is 0 Å². The van der Waals surface area contributed by atoms with Gasteiger partial charge in [0, 0.05) is 11.4 Å². The predicted octanol–water partition coefficient (Wildman–Crippen LogP) is 4.95. The molecule has 0 spiro atoms. The van der Waals surface area contributed by atoms with Crippen molar-refractivity contribution in [1.82, 2.24) is 9.80 Å². The molecule has 36 heavy (non-hydrogen) atoms. The lowest BCUT2D eigenvalue weighted by molar-refractivity contribution is -0.127. The number of nitrogens with zero attached hydrogens (tertiary/aromatic N) is 2. The van der Waals surface area contributed by atoms with Crippen molar-refractivity contribution in [3.63, 3.8) is 0 Å². The first-order chi connectivity index (χ1) is 17.5. The van der Waals surface area contributed by atoms with Gasteiger partial charge in [0.2, 0.25) is 0 Å². The minimum Gasteiger partial charge on any atom is -0.365 e. The molecule has 0 bridgehead atoms. The van der Waals surface area contributed by atoms with E-state index in [1.807, 2.05) is 60.7 Å². The lowest BCUT2D eigenvalue weighted by Gasteiger charge is -2.17. The van der Waals surface area contributed by atoms with Gasteiger partial charge in [0.15, 0.2) is 10.7 Å². The predicted molar refractivity (Wildman–Crippen MR) is 141 cm³/mol. The summed E-state index contributed by atoms with van der Waals surface area (Å²) in [6.45, 7) is 0.302. The fraction of sp³-hybridized carbons (Fsp3) is 0.154. The van der Waals surface area contributed by atoms with Crippen LogP contribution in [0.4, 0.5) is 21.0 Å². The van der Waals surface area contributed by atoms with Crippen LogP contribution < -0.4 is 10.6 Å². The Morgan fingerprint density at radius 3 is 1.28 bits per heavy atom. The van der Waals surface area contributed by atoms with Crippen LogP contribution in [0.3, 0.4) is 0 Å². The second-order valence-corrected chi connectivity index (χ2v) is 10.3. The minimum absolute atomic E-state index is 0.151. The molecule has 10 heteroatoms. The molecule has 182 valence electrons. The first-order valence-electron chi connectivity index (χ1n) is 11.2. The zero-order valence-corrected chi connectivity index (χ0v) is 20.6. The summed E-state index contributed by atoms with van der Waals surface area (Å²) in [6.07, 6.45) is 0. The van der Waals surface area contributed by atoms with Gasteiger partial charge in [-0.15, -0.1) is 0 Å². The van der Waals surface area contributed by atoms with E-state index in [0.717, 1.165) is 46.0 Å². The number of carbonyl (C=O) groups excluding carboxylic acids is 4. The SMILES string of the molecule is O=C1S[C@@H](Nc2ccccc2)C(=O)N1Cc1ccc(CN2C(=O)S[C@@H](Nc3ccccc3)C2=O)cc1. The summed E-state index contributed by atoms with van der Waals surface area (Å²) in [5.41, 5.74) is 3.09. The quantitative estimate of drug-likeness (QED) is 0.432. The van der Waals surface area contributed by atoms with Crippen LogP contribution in [0.15, 0.2) is 84.9 Å². The molecule has 2 fully saturated rings. The highest BCUT2D eigenvalue weighted by atomic mass is 32.2. The molecule has 2 heterocycles. The highest BCUT2D eigenvalue weighted by Gasteiger charge is 2.40. The van der Waals surface area contributed by atoms with Gasteiger partial charge in [-0.3, -0.25) is 29.0 Å². The summed E-state index contributed by atoms with van der Waals surface area (Å²) >= 11 is 1.92. The average molecular weight is 519 g/mol. The first-order valence-corrected chi connectivity index (χ1v) is 13.0. The maximum atomic E-state index is 12.8. The van der Waals surface area contributed by atoms with E-state index in [9.17, 15) is 19.2 Å². The number of thioether (sulfide) groups is 2. The normalized spacial score (nSPS) is 19.8. The zero-order valence-electron chi connectivity index (χ0n) is 19.0. The molecule has 2 N–H and O–H groups in total. The van der Waals surface area contributed by atoms with Gasteiger partial charge in [-0.05, 0) is 58.9 Å². The number of carbonyl (C=O) groups is 4. The number of amides is 4. The average Bonchev–Trinajstić information content (AvgIpc) is 3.30. The molecule has 4 amide bonds. The largest absolute Gasteiger partial charge is 0.365 e. The Bertz CT molecular complexity index is 1190. The van der Waals surface area contributed by atoms with E-state index in [1.165, 1.54) is 9.80 Å². The van der Waals surface area contributed by atoms with Crippen LogP contribution >= 0.6 is 23.5 Å². The Labute approximate surface area is 216 Å². The summed E-state index contributed by atoms with van der Waals surface area (Å²) in [6, 6.07) is 25.8. The van der Waals surface area contributed by atoms with Crippen LogP contribution in [0.5, 0.6) is 0 Å². The van der Waals surface area contributed by atoms with Crippen molar-refractivity contribution in [2.24, 2.45) is 0 Å². The molecule has 0 aliphatic carbocycles. The number of nitrogens with one attached hydrogen (secondary N) is 2. The van der Waals surface area contributed by atoms with Gasteiger partial charge in [-0.25, -0.2) is 0 Å². The lowest BCUT2D eigenvalue weighted by Crippen LogP contribution is -2.34. The van der Waals surface area contributed by atoms with Crippen LogP contribution in [-0.2, 0) is 22.7 Å². The molecular weight excluding hydrogens is 496 g/mol. The zero-order chi connectivity index (χ0) is 25.1. The molecule has 5 rings (SSSR count). The number of rotatable bonds is 8. The Hall–Kier alpha value is -3.76. The smallest absolute Gasteiger partial charge is 0.291 e. The van der Waals surface area contributed by atoms with Gasteiger partial charge in [0.25, 0.3) is 22.3 Å². The Morgan fingerprint density at radius 1 is 0.556 bits per heavy atom. The molecule has 0 unspecified atom stereocenters. The first kappa shape index (κ1) is 24.0. The number of hydrogen-bond acceptors (Lipinski definition) is 8. The summed E-state index contributed by atoms with van der Waals surface area (Å²) in [5.74, 6) is -0.583. The van der Waals surface area contributed by atoms with E-state index in [1.54, 1.807) is 24.3 Å². The molecule has 2 atom stereocenters. The molecule has 0 radical (unpaired) electrons. The fourth-order valence-corrected chi connectivity index (χ4v) is 5.66. The van der Waals surface area contributed by atoms with Crippen LogP contribution in [0.1, 0.15) is 11.1 Å². The van der Waals surface area contributed by atoms with Gasteiger partial charge in [0.1, 0.15) is 0 Å². The molecule has 0 aromatic heterocycles. The van der Waals surface area contributed by atoms with Crippen molar-refractivity contribution in [2.75, 3.05) is 10.6 Å². The Kier molecular flexibility index (Phi) is 6.97. The van der Waals surface area contributed by atoms with Gasteiger partial charge in [-0.1, -0.05) is 60.7 Å². The number of hydrogen-bond donors (Lipinski definition) is 2. The molecule has 2 saturated heterocycles. The van der Waals surface area contributed by atoms with Crippen LogP contribution in [-0.4, -0.2) is 42.8 Å². The molecule has 2 aliphatic heterocycles. The van der Waals surface area contributed by atoms with E-state index in [0.29, 0.717) is 0 Å². The van der Waals surface area contributed by atoms with Crippen LogP contribution in [0.2, 0.25) is 0 Å². The van der Waals surface area contributed by atoms with Crippen LogP contribution in [0.25, 0.3) is 0 Å². The molecule has 8 nitrogen and oxygen atoms in total. The molecule has 3 aromatic rings. The maximum Gasteiger partial charge on any atom is 0.291 e. The molecule has 3 aromatic carbocycles. The second kappa shape index (κ2) is 10.5. The van der Waals surface area contributed by atoms with E-state index >= 15 is 0 Å². The monoisotopic (exact) mass is 518 g/mol. The molecule has 0 saturated carbocycles.